The Morgan fingerprint density at radius 3 is 2.33 bits per heavy atom. The topological polar surface area (TPSA) is 62.3 Å². The Morgan fingerprint density at radius 1 is 0.944 bits per heavy atom. The van der Waals surface area contributed by atoms with Gasteiger partial charge in [0.1, 0.15) is 0 Å². The quantitative estimate of drug-likeness (QED) is 0.362. The molecule has 1 unspecified atom stereocenters. The smallest absolute Gasteiger partial charge is 0.252 e. The second kappa shape index (κ2) is 9.57. The van der Waals surface area contributed by atoms with Crippen LogP contribution in [0.25, 0.3) is 22.2 Å². The van der Waals surface area contributed by atoms with Gasteiger partial charge < -0.3 is 10.2 Å². The molecule has 1 aliphatic carbocycles. The number of likely N-dealkylation sites (tertiary alicyclic amines) is 1. The maximum absolute atomic E-state index is 14.2. The summed E-state index contributed by atoms with van der Waals surface area (Å²) >= 11 is 0. The fraction of sp³-hybridized carbons (Fsp3) is 0.258. The van der Waals surface area contributed by atoms with Gasteiger partial charge >= 0.3 is 0 Å². The number of aromatic nitrogens is 1. The van der Waals surface area contributed by atoms with E-state index in [4.69, 9.17) is 4.98 Å². The first kappa shape index (κ1) is 22.5. The van der Waals surface area contributed by atoms with Crippen molar-refractivity contribution in [2.24, 2.45) is 5.92 Å². The zero-order valence-corrected chi connectivity index (χ0v) is 20.2. The van der Waals surface area contributed by atoms with Crippen LogP contribution in [-0.2, 0) is 11.3 Å². The summed E-state index contributed by atoms with van der Waals surface area (Å²) in [4.78, 5) is 33.7. The van der Waals surface area contributed by atoms with E-state index in [9.17, 15) is 9.59 Å². The maximum atomic E-state index is 14.2. The van der Waals surface area contributed by atoms with Crippen LogP contribution in [0.1, 0.15) is 53.2 Å². The fourth-order valence-electron chi connectivity index (χ4n) is 5.34. The lowest BCUT2D eigenvalue weighted by atomic mass is 9.94. The van der Waals surface area contributed by atoms with Crippen LogP contribution in [0.4, 0.5) is 0 Å². The normalized spacial score (nSPS) is 16.3. The molecule has 1 saturated heterocycles. The van der Waals surface area contributed by atoms with Crippen LogP contribution in [0, 0.1) is 5.92 Å². The predicted molar refractivity (Wildman–Crippen MR) is 141 cm³/mol. The number of fused-ring (bicyclic) bond motifs is 1. The minimum absolute atomic E-state index is 0.0351. The maximum Gasteiger partial charge on any atom is 0.252 e. The lowest BCUT2D eigenvalue weighted by molar-refractivity contribution is -0.128. The Hall–Kier alpha value is -3.99. The number of hydrogen-bond donors (Lipinski definition) is 1. The fourth-order valence-corrected chi connectivity index (χ4v) is 5.34. The van der Waals surface area contributed by atoms with Gasteiger partial charge in [0, 0.05) is 36.0 Å². The molecule has 2 heterocycles. The second-order valence-corrected chi connectivity index (χ2v) is 9.82. The number of rotatable bonds is 7. The average Bonchev–Trinajstić information content (AvgIpc) is 3.69. The molecular weight excluding hydrogens is 446 g/mol. The summed E-state index contributed by atoms with van der Waals surface area (Å²) in [5, 5.41) is 4.21. The summed E-state index contributed by atoms with van der Waals surface area (Å²) in [5.74, 6) is 0.475. The van der Waals surface area contributed by atoms with E-state index < -0.39 is 0 Å². The molecule has 5 heteroatoms. The summed E-state index contributed by atoms with van der Waals surface area (Å²) in [6.07, 6.45) is 3.63. The molecule has 2 fully saturated rings. The summed E-state index contributed by atoms with van der Waals surface area (Å²) in [5.41, 5.74) is 5.06. The van der Waals surface area contributed by atoms with Gasteiger partial charge in [-0.2, -0.15) is 0 Å². The Labute approximate surface area is 211 Å². The van der Waals surface area contributed by atoms with Gasteiger partial charge in [0.2, 0.25) is 5.91 Å². The van der Waals surface area contributed by atoms with E-state index in [0.29, 0.717) is 31.0 Å². The molecule has 5 nitrogen and oxygen atoms in total. The highest BCUT2D eigenvalue weighted by molar-refractivity contribution is 6.09. The van der Waals surface area contributed by atoms with Crippen molar-refractivity contribution in [3.63, 3.8) is 0 Å². The standard InChI is InChI=1S/C31H29N3O2/c35-27-16-9-19-34(27)20-25-28(31(36)33-29(23-17-18-23)21-10-3-1-4-11-21)24-14-7-8-15-26(24)32-30(25)22-12-5-2-6-13-22/h1-8,10-15,23,29H,9,16-20H2,(H,33,36). The van der Waals surface area contributed by atoms with Crippen molar-refractivity contribution in [2.45, 2.75) is 38.3 Å². The molecular formula is C31H29N3O2. The molecule has 3 aromatic carbocycles. The molecule has 1 N–H and O–H groups in total. The van der Waals surface area contributed by atoms with Crippen molar-refractivity contribution in [3.8, 4) is 11.3 Å². The van der Waals surface area contributed by atoms with Crippen LogP contribution >= 0.6 is 0 Å². The van der Waals surface area contributed by atoms with Gasteiger partial charge in [-0.15, -0.1) is 0 Å². The second-order valence-electron chi connectivity index (χ2n) is 9.82. The summed E-state index contributed by atoms with van der Waals surface area (Å²) in [6, 6.07) is 28.0. The molecule has 6 rings (SSSR count). The highest BCUT2D eigenvalue weighted by Crippen LogP contribution is 2.41. The molecule has 2 aliphatic rings. The SMILES string of the molecule is O=C(NC(c1ccccc1)C1CC1)c1c(CN2CCCC2=O)c(-c2ccccc2)nc2ccccc12. The third-order valence-corrected chi connectivity index (χ3v) is 7.33. The number of carbonyl (C=O) groups is 2. The molecule has 0 radical (unpaired) electrons. The minimum atomic E-state index is -0.104. The average molecular weight is 476 g/mol. The molecule has 0 spiro atoms. The number of benzene rings is 3. The molecule has 4 aromatic rings. The van der Waals surface area contributed by atoms with E-state index in [1.165, 1.54) is 0 Å². The van der Waals surface area contributed by atoms with Crippen molar-refractivity contribution in [1.82, 2.24) is 15.2 Å². The molecule has 180 valence electrons. The monoisotopic (exact) mass is 475 g/mol. The van der Waals surface area contributed by atoms with Gasteiger partial charge in [0.05, 0.1) is 22.8 Å². The van der Waals surface area contributed by atoms with Crippen LogP contribution in [0.15, 0.2) is 84.9 Å². The van der Waals surface area contributed by atoms with Gasteiger partial charge in [-0.25, -0.2) is 4.98 Å². The van der Waals surface area contributed by atoms with Crippen LogP contribution in [0.2, 0.25) is 0 Å². The number of nitrogens with zero attached hydrogens (tertiary/aromatic N) is 2. The Morgan fingerprint density at radius 2 is 1.64 bits per heavy atom. The van der Waals surface area contributed by atoms with Gasteiger partial charge in [-0.3, -0.25) is 9.59 Å². The highest BCUT2D eigenvalue weighted by atomic mass is 16.2. The van der Waals surface area contributed by atoms with Crippen molar-refractivity contribution < 1.29 is 9.59 Å². The van der Waals surface area contributed by atoms with Gasteiger partial charge in [-0.05, 0) is 36.8 Å². The van der Waals surface area contributed by atoms with E-state index in [2.05, 4.69) is 17.4 Å². The van der Waals surface area contributed by atoms with Crippen LogP contribution in [-0.4, -0.2) is 28.2 Å². The first-order chi connectivity index (χ1) is 17.7. The number of pyridine rings is 1. The van der Waals surface area contributed by atoms with Gasteiger partial charge in [-0.1, -0.05) is 78.9 Å². The zero-order chi connectivity index (χ0) is 24.5. The van der Waals surface area contributed by atoms with E-state index >= 15 is 0 Å². The molecule has 1 aromatic heterocycles. The van der Waals surface area contributed by atoms with E-state index in [-0.39, 0.29) is 17.9 Å². The Bertz CT molecular complexity index is 1410. The Balaban J connectivity index is 1.50. The number of carbonyl (C=O) groups excluding carboxylic acids is 2. The van der Waals surface area contributed by atoms with Crippen molar-refractivity contribution in [1.29, 1.82) is 0 Å². The minimum Gasteiger partial charge on any atom is -0.345 e. The third-order valence-electron chi connectivity index (χ3n) is 7.33. The van der Waals surface area contributed by atoms with Crippen molar-refractivity contribution in [2.75, 3.05) is 6.54 Å². The van der Waals surface area contributed by atoms with Crippen LogP contribution in [0.5, 0.6) is 0 Å². The summed E-state index contributed by atoms with van der Waals surface area (Å²) in [7, 11) is 0. The molecule has 1 atom stereocenters. The van der Waals surface area contributed by atoms with E-state index in [0.717, 1.165) is 52.5 Å². The summed E-state index contributed by atoms with van der Waals surface area (Å²) in [6.45, 7) is 1.08. The number of amides is 2. The number of hydrogen-bond acceptors (Lipinski definition) is 3. The molecule has 0 bridgehead atoms. The van der Waals surface area contributed by atoms with Crippen molar-refractivity contribution in [3.05, 3.63) is 102 Å². The number of nitrogens with one attached hydrogen (secondary N) is 1. The van der Waals surface area contributed by atoms with Crippen molar-refractivity contribution >= 4 is 22.7 Å². The molecule has 36 heavy (non-hydrogen) atoms. The molecule has 1 aliphatic heterocycles. The highest BCUT2D eigenvalue weighted by Gasteiger charge is 2.35. The van der Waals surface area contributed by atoms with E-state index in [1.807, 2.05) is 77.7 Å². The number of para-hydroxylation sites is 1. The molecule has 2 amide bonds. The zero-order valence-electron chi connectivity index (χ0n) is 20.2. The largest absolute Gasteiger partial charge is 0.345 e. The first-order valence-electron chi connectivity index (χ1n) is 12.8. The van der Waals surface area contributed by atoms with Crippen LogP contribution < -0.4 is 5.32 Å². The predicted octanol–water partition coefficient (Wildman–Crippen LogP) is 5.91. The summed E-state index contributed by atoms with van der Waals surface area (Å²) < 4.78 is 0. The lowest BCUT2D eigenvalue weighted by Gasteiger charge is -2.24. The third kappa shape index (κ3) is 4.37. The van der Waals surface area contributed by atoms with Crippen LogP contribution in [0.3, 0.4) is 0 Å². The first-order valence-corrected chi connectivity index (χ1v) is 12.8. The lowest BCUT2D eigenvalue weighted by Crippen LogP contribution is -2.32. The molecule has 1 saturated carbocycles. The van der Waals surface area contributed by atoms with Gasteiger partial charge in [0.15, 0.2) is 0 Å². The van der Waals surface area contributed by atoms with Gasteiger partial charge in [0.25, 0.3) is 5.91 Å². The Kier molecular flexibility index (Phi) is 5.98. The van der Waals surface area contributed by atoms with E-state index in [1.54, 1.807) is 0 Å².